The average Bonchev–Trinajstić information content (AvgIpc) is 3.60. The van der Waals surface area contributed by atoms with Gasteiger partial charge in [-0.1, -0.05) is 60.8 Å². The van der Waals surface area contributed by atoms with Crippen LogP contribution in [0.1, 0.15) is 77.4 Å². The number of nitrogens with zero attached hydrogens (tertiary/aromatic N) is 2. The molecule has 6 rings (SSSR count). The van der Waals surface area contributed by atoms with Gasteiger partial charge in [0.1, 0.15) is 17.0 Å². The number of aromatic amines is 1. The minimum absolute atomic E-state index is 0.290. The molecule has 6 N–H and O–H groups in total. The standard InChI is InChI=1S/C45H53ClN5O9P/c1-31-35(16-12-21-48-31)45(53)50-43-42-37(26-38(46)44(43)57-2)36-19-22-51(29-39(36)49-42)28-34-18-17-33(25-41(34)59-30-60-61(54,55)56)40(52)27-47-20-9-3-4-10-23-58-24-11-8-15-32-13-6-5-7-14-32/h5-7,12-14,16-19,21-22,25-26,29,40,47,52H,3-4,8-11,15,20,23-24,27-28,30H2,1-2H3,(H3,50,53,54,55,56)/p+1. The Morgan fingerprint density at radius 1 is 0.967 bits per heavy atom. The molecule has 61 heavy (non-hydrogen) atoms. The number of phosphoric acid groups is 1. The van der Waals surface area contributed by atoms with E-state index >= 15 is 0 Å². The number of aromatic nitrogens is 3. The molecule has 0 aliphatic heterocycles. The quantitative estimate of drug-likeness (QED) is 0.0150. The van der Waals surface area contributed by atoms with E-state index in [1.54, 1.807) is 49.5 Å². The van der Waals surface area contributed by atoms with Crippen molar-refractivity contribution in [2.45, 2.75) is 64.5 Å². The summed E-state index contributed by atoms with van der Waals surface area (Å²) in [5.41, 5.74) is 5.32. The van der Waals surface area contributed by atoms with Gasteiger partial charge in [-0.3, -0.25) is 9.78 Å². The van der Waals surface area contributed by atoms with Crippen molar-refractivity contribution >= 4 is 52.8 Å². The van der Waals surface area contributed by atoms with Gasteiger partial charge in [-0.2, -0.15) is 4.57 Å². The fourth-order valence-electron chi connectivity index (χ4n) is 7.15. The van der Waals surface area contributed by atoms with Gasteiger partial charge < -0.3 is 44.7 Å². The van der Waals surface area contributed by atoms with Gasteiger partial charge in [0, 0.05) is 48.5 Å². The summed E-state index contributed by atoms with van der Waals surface area (Å²) >= 11 is 6.67. The molecule has 1 atom stereocenters. The molecular weight excluding hydrogens is 821 g/mol. The van der Waals surface area contributed by atoms with Crippen molar-refractivity contribution in [2.24, 2.45) is 0 Å². The molecule has 0 radical (unpaired) electrons. The molecule has 0 spiro atoms. The number of amides is 1. The number of phosphoric ester groups is 1. The first-order valence-electron chi connectivity index (χ1n) is 20.4. The van der Waals surface area contributed by atoms with Crippen molar-refractivity contribution in [3.05, 3.63) is 124 Å². The van der Waals surface area contributed by atoms with Crippen molar-refractivity contribution in [1.29, 1.82) is 0 Å². The van der Waals surface area contributed by atoms with Crippen LogP contribution in [0.3, 0.4) is 0 Å². The molecule has 0 aliphatic rings. The van der Waals surface area contributed by atoms with Gasteiger partial charge in [0.2, 0.25) is 0 Å². The maximum absolute atomic E-state index is 13.4. The van der Waals surface area contributed by atoms with E-state index in [1.165, 1.54) is 12.7 Å². The molecule has 0 fully saturated rings. The maximum Gasteiger partial charge on any atom is 0.472 e. The van der Waals surface area contributed by atoms with Crippen LogP contribution in [0.4, 0.5) is 5.69 Å². The highest BCUT2D eigenvalue weighted by molar-refractivity contribution is 7.46. The smallest absolute Gasteiger partial charge is 0.472 e. The van der Waals surface area contributed by atoms with Crippen molar-refractivity contribution in [3.8, 4) is 11.5 Å². The largest absolute Gasteiger partial charge is 0.493 e. The molecule has 1 amide bonds. The SMILES string of the molecule is COc1c(Cl)cc2c([nH]c3c[n+](Cc4ccc(C(O)CNCCCCCCOCCCCc5ccccc5)cc4OCOP(=O)(O)O)ccc32)c1NC(=O)c1cccnc1C. The summed E-state index contributed by atoms with van der Waals surface area (Å²) in [6.45, 7) is 3.98. The predicted molar refractivity (Wildman–Crippen MR) is 235 cm³/mol. The number of fused-ring (bicyclic) bond motifs is 3. The molecule has 3 aromatic carbocycles. The Bertz CT molecular complexity index is 2430. The number of hydrogen-bond donors (Lipinski definition) is 6. The fraction of sp³-hybridized carbons (Fsp3) is 0.356. The molecule has 14 nitrogen and oxygen atoms in total. The number of methoxy groups -OCH3 is 1. The summed E-state index contributed by atoms with van der Waals surface area (Å²) < 4.78 is 35.1. The molecule has 16 heteroatoms. The Labute approximate surface area is 360 Å². The number of aryl methyl sites for hydroxylation is 2. The molecule has 1 unspecified atom stereocenters. The van der Waals surface area contributed by atoms with Gasteiger partial charge >= 0.3 is 7.82 Å². The minimum atomic E-state index is -4.80. The van der Waals surface area contributed by atoms with Gasteiger partial charge in [-0.15, -0.1) is 0 Å². The molecule has 0 saturated heterocycles. The first kappa shape index (κ1) is 45.6. The lowest BCUT2D eigenvalue weighted by Gasteiger charge is -2.16. The Morgan fingerprint density at radius 2 is 1.75 bits per heavy atom. The summed E-state index contributed by atoms with van der Waals surface area (Å²) in [5.74, 6) is 0.229. The maximum atomic E-state index is 13.4. The van der Waals surface area contributed by atoms with Crippen molar-refractivity contribution < 1.29 is 47.6 Å². The zero-order chi connectivity index (χ0) is 43.2. The van der Waals surface area contributed by atoms with Crippen LogP contribution in [-0.2, 0) is 26.8 Å². The third kappa shape index (κ3) is 13.1. The highest BCUT2D eigenvalue weighted by Crippen LogP contribution is 2.42. The zero-order valence-electron chi connectivity index (χ0n) is 34.4. The molecule has 6 aromatic rings. The Morgan fingerprint density at radius 3 is 2.52 bits per heavy atom. The number of pyridine rings is 2. The number of aliphatic hydroxyl groups is 1. The third-order valence-corrected chi connectivity index (χ3v) is 11.1. The van der Waals surface area contributed by atoms with Gasteiger partial charge in [-0.25, -0.2) is 9.09 Å². The number of benzene rings is 3. The lowest BCUT2D eigenvalue weighted by molar-refractivity contribution is -0.687. The molecule has 324 valence electrons. The van der Waals surface area contributed by atoms with E-state index in [1.807, 2.05) is 29.1 Å². The summed E-state index contributed by atoms with van der Waals surface area (Å²) in [5, 5.41) is 19.3. The second-order valence-corrected chi connectivity index (χ2v) is 16.4. The van der Waals surface area contributed by atoms with Gasteiger partial charge in [0.05, 0.1) is 34.9 Å². The number of hydrogen-bond acceptors (Lipinski definition) is 9. The van der Waals surface area contributed by atoms with Crippen LogP contribution in [0.2, 0.25) is 5.02 Å². The lowest BCUT2D eigenvalue weighted by Crippen LogP contribution is -2.33. The van der Waals surface area contributed by atoms with E-state index in [2.05, 4.69) is 49.4 Å². The number of halogens is 1. The average molecular weight is 875 g/mol. The van der Waals surface area contributed by atoms with E-state index < -0.39 is 20.7 Å². The lowest BCUT2D eigenvalue weighted by atomic mass is 10.1. The molecule has 0 bridgehead atoms. The van der Waals surface area contributed by atoms with Crippen molar-refractivity contribution in [3.63, 3.8) is 0 Å². The Balaban J connectivity index is 1.05. The van der Waals surface area contributed by atoms with Crippen molar-refractivity contribution in [2.75, 3.05) is 45.5 Å². The predicted octanol–water partition coefficient (Wildman–Crippen LogP) is 7.94. The zero-order valence-corrected chi connectivity index (χ0v) is 36.1. The van der Waals surface area contributed by atoms with Crippen LogP contribution in [-0.4, -0.2) is 71.0 Å². The van der Waals surface area contributed by atoms with E-state index in [0.717, 1.165) is 81.0 Å². The summed E-state index contributed by atoms with van der Waals surface area (Å²) in [6, 6.07) is 22.9. The normalized spacial score (nSPS) is 12.2. The number of ether oxygens (including phenoxy) is 3. The monoisotopic (exact) mass is 874 g/mol. The van der Waals surface area contributed by atoms with E-state index in [0.29, 0.717) is 63.2 Å². The molecule has 3 heterocycles. The fourth-order valence-corrected chi connectivity index (χ4v) is 7.62. The number of nitrogens with one attached hydrogen (secondary N) is 3. The highest BCUT2D eigenvalue weighted by atomic mass is 35.5. The van der Waals surface area contributed by atoms with Crippen LogP contribution < -0.4 is 24.7 Å². The number of carbonyl (C=O) groups is 1. The van der Waals surface area contributed by atoms with Gasteiger partial charge in [0.25, 0.3) is 5.91 Å². The number of rotatable bonds is 24. The van der Waals surface area contributed by atoms with Crippen LogP contribution >= 0.6 is 19.4 Å². The Kier molecular flexibility index (Phi) is 16.7. The first-order valence-corrected chi connectivity index (χ1v) is 22.3. The van der Waals surface area contributed by atoms with E-state index in [9.17, 15) is 24.3 Å². The topological polar surface area (TPSA) is 188 Å². The number of unbranched alkanes of at least 4 members (excludes halogenated alkanes) is 4. The summed E-state index contributed by atoms with van der Waals surface area (Å²) in [6.07, 6.45) is 11.9. The van der Waals surface area contributed by atoms with Gasteiger partial charge in [0.15, 0.2) is 31.5 Å². The summed E-state index contributed by atoms with van der Waals surface area (Å²) in [4.78, 5) is 39.6. The molecule has 0 aliphatic carbocycles. The number of aliphatic hydroxyl groups excluding tert-OH is 1. The van der Waals surface area contributed by atoms with Crippen LogP contribution in [0.15, 0.2) is 91.4 Å². The molecular formula is C45H54ClN5O9P+. The summed E-state index contributed by atoms with van der Waals surface area (Å²) in [7, 11) is -3.31. The van der Waals surface area contributed by atoms with Crippen LogP contribution in [0.5, 0.6) is 11.5 Å². The highest BCUT2D eigenvalue weighted by Gasteiger charge is 2.23. The molecule has 3 aromatic heterocycles. The number of carbonyl (C=O) groups excluding carboxylic acids is 1. The van der Waals surface area contributed by atoms with Gasteiger partial charge in [-0.05, 0) is 87.0 Å². The number of H-pyrrole nitrogens is 1. The van der Waals surface area contributed by atoms with E-state index in [-0.39, 0.29) is 5.91 Å². The van der Waals surface area contributed by atoms with E-state index in [4.69, 9.17) is 25.8 Å². The third-order valence-electron chi connectivity index (χ3n) is 10.3. The second-order valence-electron chi connectivity index (χ2n) is 14.8. The van der Waals surface area contributed by atoms with Crippen LogP contribution in [0.25, 0.3) is 21.8 Å². The van der Waals surface area contributed by atoms with Crippen molar-refractivity contribution in [1.82, 2.24) is 15.3 Å². The number of anilines is 1. The molecule has 0 saturated carbocycles. The van der Waals surface area contributed by atoms with Crippen LogP contribution in [0, 0.1) is 6.92 Å². The second kappa shape index (κ2) is 22.3. The first-order chi connectivity index (χ1) is 29.5. The Hall–Kier alpha value is -4.89. The minimum Gasteiger partial charge on any atom is -0.493 e.